The van der Waals surface area contributed by atoms with Gasteiger partial charge >= 0.3 is 0 Å². The second kappa shape index (κ2) is 4.16. The Kier molecular flexibility index (Phi) is 2.51. The van der Waals surface area contributed by atoms with Crippen molar-refractivity contribution in [1.82, 2.24) is 19.7 Å². The molecular formula is C12H15N5. The highest BCUT2D eigenvalue weighted by molar-refractivity contribution is 5.57. The van der Waals surface area contributed by atoms with E-state index in [0.29, 0.717) is 6.04 Å². The Labute approximate surface area is 99.7 Å². The summed E-state index contributed by atoms with van der Waals surface area (Å²) in [5.74, 6) is 0.720. The Hall–Kier alpha value is -1.91. The summed E-state index contributed by atoms with van der Waals surface area (Å²) < 4.78 is 1.94. The summed E-state index contributed by atoms with van der Waals surface area (Å²) in [5.41, 5.74) is 7.59. The molecule has 1 aliphatic rings. The molecule has 0 saturated heterocycles. The van der Waals surface area contributed by atoms with Crippen LogP contribution in [0.15, 0.2) is 24.7 Å². The van der Waals surface area contributed by atoms with Gasteiger partial charge in [-0.2, -0.15) is 5.10 Å². The van der Waals surface area contributed by atoms with E-state index in [1.807, 2.05) is 10.7 Å². The molecule has 2 heterocycles. The first-order chi connectivity index (χ1) is 8.34. The largest absolute Gasteiger partial charge is 0.384 e. The first-order valence-corrected chi connectivity index (χ1v) is 5.96. The fourth-order valence-electron chi connectivity index (χ4n) is 2.41. The van der Waals surface area contributed by atoms with Crippen molar-refractivity contribution in [3.8, 4) is 11.4 Å². The number of hydrogen-bond donors (Lipinski definition) is 1. The third-order valence-electron chi connectivity index (χ3n) is 3.26. The van der Waals surface area contributed by atoms with Crippen LogP contribution in [-0.2, 0) is 0 Å². The fourth-order valence-corrected chi connectivity index (χ4v) is 2.41. The lowest BCUT2D eigenvalue weighted by Gasteiger charge is -2.10. The fraction of sp³-hybridized carbons (Fsp3) is 0.417. The first-order valence-electron chi connectivity index (χ1n) is 5.96. The van der Waals surface area contributed by atoms with Crippen LogP contribution in [0.4, 0.5) is 5.82 Å². The van der Waals surface area contributed by atoms with Crippen LogP contribution in [0.1, 0.15) is 31.7 Å². The van der Waals surface area contributed by atoms with Crippen LogP contribution in [0.3, 0.4) is 0 Å². The molecule has 0 unspecified atom stereocenters. The minimum atomic E-state index is 0.459. The van der Waals surface area contributed by atoms with E-state index in [-0.39, 0.29) is 0 Å². The van der Waals surface area contributed by atoms with Crippen molar-refractivity contribution in [2.75, 3.05) is 5.73 Å². The molecule has 2 aromatic rings. The number of rotatable bonds is 2. The Balaban J connectivity index is 1.95. The summed E-state index contributed by atoms with van der Waals surface area (Å²) in [5, 5.41) is 4.55. The zero-order chi connectivity index (χ0) is 11.7. The molecule has 3 rings (SSSR count). The van der Waals surface area contributed by atoms with Crippen LogP contribution in [0.2, 0.25) is 0 Å². The summed E-state index contributed by atoms with van der Waals surface area (Å²) in [6.07, 6.45) is 9.91. The lowest BCUT2D eigenvalue weighted by atomic mass is 10.2. The van der Waals surface area contributed by atoms with Crippen LogP contribution >= 0.6 is 0 Å². The first kappa shape index (κ1) is 10.3. The number of aromatic nitrogens is 4. The van der Waals surface area contributed by atoms with Crippen molar-refractivity contribution in [2.24, 2.45) is 0 Å². The predicted octanol–water partition coefficient (Wildman–Crippen LogP) is 2.04. The van der Waals surface area contributed by atoms with Crippen LogP contribution in [0.5, 0.6) is 0 Å². The highest BCUT2D eigenvalue weighted by Gasteiger charge is 2.20. The van der Waals surface area contributed by atoms with Crippen LogP contribution in [0.25, 0.3) is 11.4 Å². The Morgan fingerprint density at radius 2 is 2.00 bits per heavy atom. The summed E-state index contributed by atoms with van der Waals surface area (Å²) in [4.78, 5) is 8.28. The normalized spacial score (nSPS) is 16.5. The molecule has 0 aromatic carbocycles. The van der Waals surface area contributed by atoms with Gasteiger partial charge in [0, 0.05) is 18.5 Å². The van der Waals surface area contributed by atoms with Gasteiger partial charge in [0.2, 0.25) is 0 Å². The number of nitrogen functional groups attached to an aromatic ring is 1. The molecule has 5 nitrogen and oxygen atoms in total. The molecule has 0 bridgehead atoms. The van der Waals surface area contributed by atoms with Crippen molar-refractivity contribution in [2.45, 2.75) is 31.7 Å². The van der Waals surface area contributed by atoms with E-state index in [1.165, 1.54) is 25.7 Å². The monoisotopic (exact) mass is 229 g/mol. The molecule has 1 saturated carbocycles. The third-order valence-corrected chi connectivity index (χ3v) is 3.26. The number of nitrogens with two attached hydrogens (primary N) is 1. The van der Waals surface area contributed by atoms with Gasteiger partial charge in [-0.15, -0.1) is 0 Å². The van der Waals surface area contributed by atoms with E-state index >= 15 is 0 Å². The van der Waals surface area contributed by atoms with Gasteiger partial charge in [-0.1, -0.05) is 12.8 Å². The minimum Gasteiger partial charge on any atom is -0.384 e. The lowest BCUT2D eigenvalue weighted by Crippen LogP contribution is -2.09. The van der Waals surface area contributed by atoms with Gasteiger partial charge in [-0.05, 0) is 12.8 Å². The molecule has 2 N–H and O–H groups in total. The highest BCUT2D eigenvalue weighted by atomic mass is 15.3. The summed E-state index contributed by atoms with van der Waals surface area (Å²) in [7, 11) is 0. The van der Waals surface area contributed by atoms with E-state index in [4.69, 9.17) is 5.73 Å². The molecule has 17 heavy (non-hydrogen) atoms. The maximum absolute atomic E-state index is 6.01. The van der Waals surface area contributed by atoms with Gasteiger partial charge in [-0.3, -0.25) is 9.97 Å². The van der Waals surface area contributed by atoms with Gasteiger partial charge in [0.05, 0.1) is 12.2 Å². The molecule has 5 heteroatoms. The molecule has 1 fully saturated rings. The molecule has 0 amide bonds. The van der Waals surface area contributed by atoms with Gasteiger partial charge < -0.3 is 5.73 Å². The van der Waals surface area contributed by atoms with Crippen molar-refractivity contribution in [3.05, 3.63) is 24.7 Å². The van der Waals surface area contributed by atoms with Crippen molar-refractivity contribution in [1.29, 1.82) is 0 Å². The Morgan fingerprint density at radius 1 is 1.18 bits per heavy atom. The number of hydrogen-bond acceptors (Lipinski definition) is 4. The van der Waals surface area contributed by atoms with Crippen molar-refractivity contribution >= 4 is 5.82 Å². The highest BCUT2D eigenvalue weighted by Crippen LogP contribution is 2.32. The zero-order valence-electron chi connectivity index (χ0n) is 9.58. The maximum atomic E-state index is 6.01. The summed E-state index contributed by atoms with van der Waals surface area (Å²) >= 11 is 0. The van der Waals surface area contributed by atoms with E-state index in [1.54, 1.807) is 18.6 Å². The molecule has 2 aromatic heterocycles. The smallest absolute Gasteiger partial charge is 0.122 e. The van der Waals surface area contributed by atoms with E-state index < -0.39 is 0 Å². The molecule has 1 aliphatic carbocycles. The van der Waals surface area contributed by atoms with Gasteiger partial charge in [0.25, 0.3) is 0 Å². The predicted molar refractivity (Wildman–Crippen MR) is 65.2 cm³/mol. The van der Waals surface area contributed by atoms with Crippen molar-refractivity contribution in [3.63, 3.8) is 0 Å². The van der Waals surface area contributed by atoms with E-state index in [9.17, 15) is 0 Å². The summed E-state index contributed by atoms with van der Waals surface area (Å²) in [6.45, 7) is 0. The average Bonchev–Trinajstić information content (AvgIpc) is 2.99. The minimum absolute atomic E-state index is 0.459. The molecule has 0 spiro atoms. The molecule has 0 atom stereocenters. The Bertz CT molecular complexity index is 499. The van der Waals surface area contributed by atoms with Crippen LogP contribution in [0, 0.1) is 0 Å². The molecule has 0 radical (unpaired) electrons. The lowest BCUT2D eigenvalue weighted by molar-refractivity contribution is 0.475. The van der Waals surface area contributed by atoms with Crippen molar-refractivity contribution < 1.29 is 0 Å². The van der Waals surface area contributed by atoms with Crippen LogP contribution < -0.4 is 5.73 Å². The topological polar surface area (TPSA) is 69.6 Å². The number of nitrogens with zero attached hydrogens (tertiary/aromatic N) is 4. The molecular weight excluding hydrogens is 214 g/mol. The quantitative estimate of drug-likeness (QED) is 0.855. The van der Waals surface area contributed by atoms with Crippen LogP contribution in [-0.4, -0.2) is 19.7 Å². The second-order valence-electron chi connectivity index (χ2n) is 4.43. The van der Waals surface area contributed by atoms with Gasteiger partial charge in [0.15, 0.2) is 0 Å². The van der Waals surface area contributed by atoms with E-state index in [0.717, 1.165) is 17.2 Å². The average molecular weight is 229 g/mol. The number of anilines is 1. The van der Waals surface area contributed by atoms with Gasteiger partial charge in [-0.25, -0.2) is 4.68 Å². The molecule has 0 aliphatic heterocycles. The maximum Gasteiger partial charge on any atom is 0.122 e. The SMILES string of the molecule is Nc1cc(-c2cnccn2)nn1C1CCCC1. The zero-order valence-corrected chi connectivity index (χ0v) is 9.58. The third kappa shape index (κ3) is 1.88. The molecule has 88 valence electrons. The Morgan fingerprint density at radius 3 is 2.71 bits per heavy atom. The standard InChI is InChI=1S/C12H15N5/c13-12-7-10(11-8-14-5-6-15-11)16-17(12)9-3-1-2-4-9/h5-9H,1-4,13H2. The summed E-state index contributed by atoms with van der Waals surface area (Å²) in [6, 6.07) is 2.34. The van der Waals surface area contributed by atoms with Gasteiger partial charge in [0.1, 0.15) is 17.2 Å². The second-order valence-corrected chi connectivity index (χ2v) is 4.43. The van der Waals surface area contributed by atoms with E-state index in [2.05, 4.69) is 15.1 Å².